The first-order valence-corrected chi connectivity index (χ1v) is 13.7. The van der Waals surface area contributed by atoms with Crippen LogP contribution in [0, 0.1) is 5.82 Å². The van der Waals surface area contributed by atoms with Gasteiger partial charge in [-0.25, -0.2) is 17.1 Å². The molecule has 1 aliphatic rings. The van der Waals surface area contributed by atoms with E-state index < -0.39 is 20.0 Å². The molecule has 0 bridgehead atoms. The summed E-state index contributed by atoms with van der Waals surface area (Å²) in [6.45, 7) is 1.07. The zero-order valence-electron chi connectivity index (χ0n) is 18.5. The first-order chi connectivity index (χ1) is 16.0. The maximum atomic E-state index is 14.3. The molecule has 9 nitrogen and oxygen atoms in total. The second kappa shape index (κ2) is 9.25. The van der Waals surface area contributed by atoms with Crippen molar-refractivity contribution in [2.75, 3.05) is 32.1 Å². The van der Waals surface area contributed by atoms with E-state index in [1.165, 1.54) is 44.4 Å². The van der Waals surface area contributed by atoms with Crippen molar-refractivity contribution in [3.05, 3.63) is 65.2 Å². The average molecular weight is 528 g/mol. The van der Waals surface area contributed by atoms with Crippen LogP contribution >= 0.6 is 11.6 Å². The standard InChI is InChI=1S/C21H23ClFN5O4S2/c1-26(2)33(29,30)17-4-6-18(7-5-17)34(31,32)28-14-24-21(25-28)27-11-9-15(10-12-27)19-8-3-16(22)13-20(19)23/h3-8,13-15H,9-12H2,1-2H3. The highest BCUT2D eigenvalue weighted by Crippen LogP contribution is 2.32. The van der Waals surface area contributed by atoms with Crippen LogP contribution in [0.5, 0.6) is 0 Å². The number of hydrogen-bond donors (Lipinski definition) is 0. The Kier molecular flexibility index (Phi) is 6.69. The fraction of sp³-hybridized carbons (Fsp3) is 0.333. The van der Waals surface area contributed by atoms with E-state index in [0.29, 0.717) is 36.5 Å². The number of rotatable bonds is 6. The molecule has 0 saturated carbocycles. The Bertz CT molecular complexity index is 1400. The van der Waals surface area contributed by atoms with Gasteiger partial charge in [0.2, 0.25) is 16.0 Å². The topological polar surface area (TPSA) is 105 Å². The normalized spacial score (nSPS) is 15.7. The largest absolute Gasteiger partial charge is 0.339 e. The molecule has 0 amide bonds. The molecule has 1 fully saturated rings. The summed E-state index contributed by atoms with van der Waals surface area (Å²) in [4.78, 5) is 5.86. The van der Waals surface area contributed by atoms with Crippen LogP contribution in [0.4, 0.5) is 10.3 Å². The molecule has 1 saturated heterocycles. The molecule has 4 rings (SSSR count). The third kappa shape index (κ3) is 4.67. The molecule has 0 radical (unpaired) electrons. The molecular weight excluding hydrogens is 505 g/mol. The Morgan fingerprint density at radius 2 is 1.62 bits per heavy atom. The molecule has 0 spiro atoms. The highest BCUT2D eigenvalue weighted by atomic mass is 35.5. The number of halogens is 2. The van der Waals surface area contributed by atoms with Gasteiger partial charge in [-0.1, -0.05) is 17.7 Å². The van der Waals surface area contributed by atoms with E-state index in [-0.39, 0.29) is 27.5 Å². The zero-order valence-corrected chi connectivity index (χ0v) is 20.9. The van der Waals surface area contributed by atoms with Crippen molar-refractivity contribution in [1.82, 2.24) is 18.5 Å². The van der Waals surface area contributed by atoms with Crippen molar-refractivity contribution >= 4 is 37.6 Å². The van der Waals surface area contributed by atoms with Gasteiger partial charge in [-0.3, -0.25) is 0 Å². The SMILES string of the molecule is CN(C)S(=O)(=O)c1ccc(S(=O)(=O)n2cnc(N3CCC(c4ccc(Cl)cc4F)CC3)n2)cc1. The molecule has 13 heteroatoms. The van der Waals surface area contributed by atoms with E-state index >= 15 is 0 Å². The Hall–Kier alpha value is -2.54. The summed E-state index contributed by atoms with van der Waals surface area (Å²) in [5.74, 6) is -0.0504. The minimum atomic E-state index is -4.06. The van der Waals surface area contributed by atoms with Gasteiger partial charge in [0, 0.05) is 32.2 Å². The van der Waals surface area contributed by atoms with Crippen LogP contribution in [0.2, 0.25) is 5.02 Å². The number of piperidine rings is 1. The van der Waals surface area contributed by atoms with E-state index in [0.717, 1.165) is 14.7 Å². The third-order valence-corrected chi connectivity index (χ3v) is 9.39. The minimum Gasteiger partial charge on any atom is -0.339 e. The highest BCUT2D eigenvalue weighted by Gasteiger charge is 2.27. The number of aromatic nitrogens is 3. The van der Waals surface area contributed by atoms with Crippen LogP contribution in [0.3, 0.4) is 0 Å². The monoisotopic (exact) mass is 527 g/mol. The van der Waals surface area contributed by atoms with Crippen LogP contribution in [0.15, 0.2) is 58.6 Å². The summed E-state index contributed by atoms with van der Waals surface area (Å²) in [6, 6.07) is 9.59. The molecule has 1 aliphatic heterocycles. The van der Waals surface area contributed by atoms with Crippen LogP contribution in [0.1, 0.15) is 24.3 Å². The van der Waals surface area contributed by atoms with Crippen molar-refractivity contribution in [1.29, 1.82) is 0 Å². The van der Waals surface area contributed by atoms with Crippen molar-refractivity contribution < 1.29 is 21.2 Å². The Labute approximate surface area is 202 Å². The van der Waals surface area contributed by atoms with E-state index in [1.807, 2.05) is 4.90 Å². The summed E-state index contributed by atoms with van der Waals surface area (Å²) in [5.41, 5.74) is 0.616. The Morgan fingerprint density at radius 3 is 2.21 bits per heavy atom. The quantitative estimate of drug-likeness (QED) is 0.485. The summed E-state index contributed by atoms with van der Waals surface area (Å²) in [6.07, 6.45) is 2.42. The van der Waals surface area contributed by atoms with Gasteiger partial charge >= 0.3 is 0 Å². The lowest BCUT2D eigenvalue weighted by molar-refractivity contribution is 0.477. The third-order valence-electron chi connectivity index (χ3n) is 5.79. The molecular formula is C21H23ClFN5O4S2. The summed E-state index contributed by atoms with van der Waals surface area (Å²) >= 11 is 5.84. The van der Waals surface area contributed by atoms with Crippen molar-refractivity contribution in [2.45, 2.75) is 28.6 Å². The van der Waals surface area contributed by atoms with E-state index in [1.54, 1.807) is 12.1 Å². The smallest absolute Gasteiger partial charge is 0.284 e. The summed E-state index contributed by atoms with van der Waals surface area (Å²) in [5, 5.41) is 4.48. The van der Waals surface area contributed by atoms with E-state index in [4.69, 9.17) is 11.6 Å². The Balaban J connectivity index is 1.48. The van der Waals surface area contributed by atoms with Gasteiger partial charge < -0.3 is 4.90 Å². The molecule has 0 unspecified atom stereocenters. The molecule has 2 aromatic carbocycles. The predicted molar refractivity (Wildman–Crippen MR) is 126 cm³/mol. The van der Waals surface area contributed by atoms with Crippen molar-refractivity contribution in [3.8, 4) is 0 Å². The average Bonchev–Trinajstić information content (AvgIpc) is 3.30. The van der Waals surface area contributed by atoms with Gasteiger partial charge in [0.25, 0.3) is 10.0 Å². The van der Waals surface area contributed by atoms with Gasteiger partial charge in [-0.05, 0) is 60.7 Å². The molecule has 0 atom stereocenters. The number of sulfonamides is 1. The number of nitrogens with zero attached hydrogens (tertiary/aromatic N) is 5. The van der Waals surface area contributed by atoms with Gasteiger partial charge in [0.15, 0.2) is 0 Å². The molecule has 34 heavy (non-hydrogen) atoms. The lowest BCUT2D eigenvalue weighted by Crippen LogP contribution is -2.34. The maximum Gasteiger partial charge on any atom is 0.284 e. The molecule has 0 N–H and O–H groups in total. The summed E-state index contributed by atoms with van der Waals surface area (Å²) < 4.78 is 66.4. The Morgan fingerprint density at radius 1 is 1.00 bits per heavy atom. The maximum absolute atomic E-state index is 14.3. The second-order valence-corrected chi connectivity index (χ2v) is 12.5. The minimum absolute atomic E-state index is 0.0178. The second-order valence-electron chi connectivity index (χ2n) is 8.11. The van der Waals surface area contributed by atoms with E-state index in [2.05, 4.69) is 10.1 Å². The number of hydrogen-bond acceptors (Lipinski definition) is 7. The molecule has 0 aliphatic carbocycles. The molecule has 2 heterocycles. The van der Waals surface area contributed by atoms with Gasteiger partial charge in [0.1, 0.15) is 12.1 Å². The van der Waals surface area contributed by atoms with Crippen LogP contribution in [-0.2, 0) is 20.0 Å². The van der Waals surface area contributed by atoms with E-state index in [9.17, 15) is 21.2 Å². The highest BCUT2D eigenvalue weighted by molar-refractivity contribution is 7.90. The predicted octanol–water partition coefficient (Wildman–Crippen LogP) is 2.94. The molecule has 3 aromatic rings. The molecule has 1 aromatic heterocycles. The number of anilines is 1. The zero-order chi connectivity index (χ0) is 24.7. The van der Waals surface area contributed by atoms with Gasteiger partial charge in [0.05, 0.1) is 9.79 Å². The summed E-state index contributed by atoms with van der Waals surface area (Å²) in [7, 11) is -4.94. The van der Waals surface area contributed by atoms with Crippen LogP contribution in [0.25, 0.3) is 0 Å². The lowest BCUT2D eigenvalue weighted by atomic mass is 9.89. The lowest BCUT2D eigenvalue weighted by Gasteiger charge is -2.31. The van der Waals surface area contributed by atoms with Gasteiger partial charge in [-0.15, -0.1) is 9.19 Å². The van der Waals surface area contributed by atoms with Crippen molar-refractivity contribution in [2.24, 2.45) is 0 Å². The fourth-order valence-electron chi connectivity index (χ4n) is 3.83. The molecule has 182 valence electrons. The van der Waals surface area contributed by atoms with Crippen molar-refractivity contribution in [3.63, 3.8) is 0 Å². The van der Waals surface area contributed by atoms with Crippen LogP contribution in [-0.4, -0.2) is 62.5 Å². The number of benzene rings is 2. The fourth-order valence-corrected chi connectivity index (χ4v) is 5.94. The first-order valence-electron chi connectivity index (χ1n) is 10.4. The first kappa shape index (κ1) is 24.6. The van der Waals surface area contributed by atoms with Crippen LogP contribution < -0.4 is 4.90 Å². The van der Waals surface area contributed by atoms with Gasteiger partial charge in [-0.2, -0.15) is 13.4 Å².